The summed E-state index contributed by atoms with van der Waals surface area (Å²) in [5.74, 6) is 6.21. The molecule has 0 aromatic rings. The first-order valence-electron chi connectivity index (χ1n) is 13.2. The molecular weight excluding hydrogens is 336 g/mol. The Kier molecular flexibility index (Phi) is 5.24. The first-order valence-corrected chi connectivity index (χ1v) is 13.2. The fourth-order valence-electron chi connectivity index (χ4n) is 9.03. The van der Waals surface area contributed by atoms with Crippen molar-refractivity contribution < 1.29 is 0 Å². The fourth-order valence-corrected chi connectivity index (χ4v) is 9.03. The van der Waals surface area contributed by atoms with Crippen molar-refractivity contribution in [3.05, 3.63) is 11.6 Å². The van der Waals surface area contributed by atoms with Crippen LogP contribution in [0.15, 0.2) is 11.6 Å². The molecule has 0 N–H and O–H groups in total. The van der Waals surface area contributed by atoms with Crippen molar-refractivity contribution in [1.29, 1.82) is 0 Å². The lowest BCUT2D eigenvalue weighted by Gasteiger charge is -2.57. The van der Waals surface area contributed by atoms with Gasteiger partial charge in [0.1, 0.15) is 0 Å². The van der Waals surface area contributed by atoms with E-state index in [2.05, 4.69) is 26.8 Å². The van der Waals surface area contributed by atoms with Gasteiger partial charge in [0.25, 0.3) is 0 Å². The summed E-state index contributed by atoms with van der Waals surface area (Å²) in [4.78, 5) is 0. The average Bonchev–Trinajstić information content (AvgIpc) is 3.42. The summed E-state index contributed by atoms with van der Waals surface area (Å²) in [6, 6.07) is 0. The largest absolute Gasteiger partial charge is 0.0845 e. The SMILES string of the molecule is CC(CCCC1CCC2C3CC=C4CCCCC4(C)C3CCC12C)CC1CC1. The van der Waals surface area contributed by atoms with Gasteiger partial charge in [-0.3, -0.25) is 0 Å². The maximum Gasteiger partial charge on any atom is -0.00853 e. The predicted octanol–water partition coefficient (Wildman–Crippen LogP) is 8.56. The van der Waals surface area contributed by atoms with Gasteiger partial charge in [0.05, 0.1) is 0 Å². The molecular formula is C28H46. The number of allylic oxidation sites excluding steroid dienone is 2. The minimum atomic E-state index is 0.582. The normalized spacial score (nSPS) is 46.3. The van der Waals surface area contributed by atoms with Gasteiger partial charge < -0.3 is 0 Å². The van der Waals surface area contributed by atoms with E-state index < -0.39 is 0 Å². The summed E-state index contributed by atoms with van der Waals surface area (Å²) in [5.41, 5.74) is 3.14. The summed E-state index contributed by atoms with van der Waals surface area (Å²) in [5, 5.41) is 0. The van der Waals surface area contributed by atoms with Gasteiger partial charge >= 0.3 is 0 Å². The Hall–Kier alpha value is -0.260. The van der Waals surface area contributed by atoms with Crippen LogP contribution in [-0.2, 0) is 0 Å². The number of rotatable bonds is 6. The molecule has 158 valence electrons. The molecule has 0 heterocycles. The molecule has 0 nitrogen and oxygen atoms in total. The minimum Gasteiger partial charge on any atom is -0.0845 e. The highest BCUT2D eigenvalue weighted by Crippen LogP contribution is 2.66. The summed E-state index contributed by atoms with van der Waals surface area (Å²) >= 11 is 0. The number of hydrogen-bond donors (Lipinski definition) is 0. The predicted molar refractivity (Wildman–Crippen MR) is 120 cm³/mol. The van der Waals surface area contributed by atoms with Crippen LogP contribution in [0.3, 0.4) is 0 Å². The van der Waals surface area contributed by atoms with Crippen molar-refractivity contribution in [2.24, 2.45) is 46.3 Å². The van der Waals surface area contributed by atoms with Crippen molar-refractivity contribution in [3.8, 4) is 0 Å². The second kappa shape index (κ2) is 7.46. The van der Waals surface area contributed by atoms with Gasteiger partial charge in [-0.1, -0.05) is 64.5 Å². The van der Waals surface area contributed by atoms with Gasteiger partial charge in [0.2, 0.25) is 0 Å². The van der Waals surface area contributed by atoms with Crippen LogP contribution in [0.25, 0.3) is 0 Å². The highest BCUT2D eigenvalue weighted by atomic mass is 14.6. The summed E-state index contributed by atoms with van der Waals surface area (Å²) in [6.07, 6.45) is 25.4. The van der Waals surface area contributed by atoms with Crippen molar-refractivity contribution in [2.45, 2.75) is 117 Å². The highest BCUT2D eigenvalue weighted by molar-refractivity contribution is 5.24. The third-order valence-electron chi connectivity index (χ3n) is 10.9. The number of fused-ring (bicyclic) bond motifs is 5. The second-order valence-corrected chi connectivity index (χ2v) is 12.5. The van der Waals surface area contributed by atoms with Crippen molar-refractivity contribution in [3.63, 3.8) is 0 Å². The van der Waals surface area contributed by atoms with Crippen LogP contribution in [0.2, 0.25) is 0 Å². The summed E-state index contributed by atoms with van der Waals surface area (Å²) in [7, 11) is 0. The topological polar surface area (TPSA) is 0 Å². The minimum absolute atomic E-state index is 0.582. The van der Waals surface area contributed by atoms with Gasteiger partial charge in [-0.2, -0.15) is 0 Å². The standard InChI is InChI=1S/C28H46/c1-20(19-21-10-11-21)7-6-9-23-13-15-25-24-14-12-22-8-4-5-17-27(22,2)26(24)16-18-28(23,25)3/h12,20-21,23-26H,4-11,13-19H2,1-3H3. The van der Waals surface area contributed by atoms with Crippen LogP contribution >= 0.6 is 0 Å². The zero-order chi connectivity index (χ0) is 19.4. The van der Waals surface area contributed by atoms with E-state index in [1.165, 1.54) is 70.6 Å². The molecule has 28 heavy (non-hydrogen) atoms. The zero-order valence-electron chi connectivity index (χ0n) is 19.1. The van der Waals surface area contributed by atoms with E-state index in [0.717, 1.165) is 35.5 Å². The molecule has 0 bridgehead atoms. The van der Waals surface area contributed by atoms with Gasteiger partial charge in [0.15, 0.2) is 0 Å². The molecule has 5 rings (SSSR count). The zero-order valence-corrected chi connectivity index (χ0v) is 19.1. The van der Waals surface area contributed by atoms with Crippen LogP contribution in [0, 0.1) is 46.3 Å². The molecule has 0 heteroatoms. The molecule has 0 aromatic carbocycles. The van der Waals surface area contributed by atoms with Crippen molar-refractivity contribution >= 4 is 0 Å². The van der Waals surface area contributed by atoms with E-state index in [0.29, 0.717) is 10.8 Å². The van der Waals surface area contributed by atoms with E-state index in [1.54, 1.807) is 25.7 Å². The van der Waals surface area contributed by atoms with E-state index in [9.17, 15) is 0 Å². The van der Waals surface area contributed by atoms with Crippen molar-refractivity contribution in [1.82, 2.24) is 0 Å². The molecule has 4 saturated carbocycles. The smallest absolute Gasteiger partial charge is 0.00853 e. The lowest BCUT2D eigenvalue weighted by atomic mass is 9.47. The van der Waals surface area contributed by atoms with Gasteiger partial charge in [0, 0.05) is 0 Å². The van der Waals surface area contributed by atoms with Crippen LogP contribution in [0.4, 0.5) is 0 Å². The first-order chi connectivity index (χ1) is 13.5. The van der Waals surface area contributed by atoms with Gasteiger partial charge in [-0.15, -0.1) is 0 Å². The molecule has 5 aliphatic carbocycles. The third kappa shape index (κ3) is 3.33. The Morgan fingerprint density at radius 3 is 2.68 bits per heavy atom. The molecule has 0 saturated heterocycles. The third-order valence-corrected chi connectivity index (χ3v) is 10.9. The quantitative estimate of drug-likeness (QED) is 0.403. The molecule has 0 amide bonds. The van der Waals surface area contributed by atoms with Crippen molar-refractivity contribution in [2.75, 3.05) is 0 Å². The molecule has 5 aliphatic rings. The molecule has 7 atom stereocenters. The van der Waals surface area contributed by atoms with Crippen LogP contribution < -0.4 is 0 Å². The van der Waals surface area contributed by atoms with E-state index in [1.807, 2.05) is 5.57 Å². The lowest BCUT2D eigenvalue weighted by molar-refractivity contribution is -0.0426. The highest BCUT2D eigenvalue weighted by Gasteiger charge is 2.57. The Morgan fingerprint density at radius 1 is 1.00 bits per heavy atom. The summed E-state index contributed by atoms with van der Waals surface area (Å²) in [6.45, 7) is 7.94. The van der Waals surface area contributed by atoms with Crippen LogP contribution in [-0.4, -0.2) is 0 Å². The molecule has 0 spiro atoms. The monoisotopic (exact) mass is 382 g/mol. The fraction of sp³-hybridized carbons (Fsp3) is 0.929. The first kappa shape index (κ1) is 19.7. The number of hydrogen-bond acceptors (Lipinski definition) is 0. The Labute approximate surface area is 175 Å². The lowest BCUT2D eigenvalue weighted by Crippen LogP contribution is -2.49. The average molecular weight is 383 g/mol. The summed E-state index contributed by atoms with van der Waals surface area (Å²) < 4.78 is 0. The van der Waals surface area contributed by atoms with Gasteiger partial charge in [-0.05, 0) is 111 Å². The van der Waals surface area contributed by atoms with Crippen LogP contribution in [0.1, 0.15) is 117 Å². The molecule has 0 aliphatic heterocycles. The van der Waals surface area contributed by atoms with Gasteiger partial charge in [-0.25, -0.2) is 0 Å². The Morgan fingerprint density at radius 2 is 1.86 bits per heavy atom. The molecule has 7 unspecified atom stereocenters. The Balaban J connectivity index is 1.23. The van der Waals surface area contributed by atoms with E-state index in [-0.39, 0.29) is 0 Å². The van der Waals surface area contributed by atoms with E-state index >= 15 is 0 Å². The molecule has 0 radical (unpaired) electrons. The van der Waals surface area contributed by atoms with E-state index in [4.69, 9.17) is 0 Å². The van der Waals surface area contributed by atoms with Crippen LogP contribution in [0.5, 0.6) is 0 Å². The molecule has 0 aromatic heterocycles. The molecule has 4 fully saturated rings. The second-order valence-electron chi connectivity index (χ2n) is 12.5. The maximum absolute atomic E-state index is 2.75. The Bertz CT molecular complexity index is 597. The maximum atomic E-state index is 2.75.